The van der Waals surface area contributed by atoms with Gasteiger partial charge in [0.25, 0.3) is 0 Å². The fourth-order valence-electron chi connectivity index (χ4n) is 9.52. The molecule has 9 heteroatoms. The Morgan fingerprint density at radius 3 is 0.551 bits per heavy atom. The van der Waals surface area contributed by atoms with Crippen molar-refractivity contribution < 1.29 is 25.9 Å². The van der Waals surface area contributed by atoms with E-state index < -0.39 is 20.2 Å². The average Bonchev–Trinajstić information content (AvgIpc) is 3.32. The van der Waals surface area contributed by atoms with E-state index >= 15 is 0 Å². The van der Waals surface area contributed by atoms with Crippen LogP contribution in [0.5, 0.6) is 0 Å². The van der Waals surface area contributed by atoms with Gasteiger partial charge < -0.3 is 9.11 Å². The van der Waals surface area contributed by atoms with Gasteiger partial charge in [0, 0.05) is 0 Å². The Kier molecular flexibility index (Phi) is 48.6. The van der Waals surface area contributed by atoms with Crippen LogP contribution < -0.4 is 0 Å². The number of benzene rings is 2. The Morgan fingerprint density at radius 1 is 0.261 bits per heavy atom. The van der Waals surface area contributed by atoms with Gasteiger partial charge in [0.2, 0.25) is 0 Å². The van der Waals surface area contributed by atoms with Gasteiger partial charge in [-0.25, -0.2) is 16.8 Å². The number of unbranched alkanes of at least 4 members (excludes halogenated alkanes) is 42. The first-order valence-electron chi connectivity index (χ1n) is 29.2. The normalized spacial score (nSPS) is 11.7. The van der Waals surface area contributed by atoms with Crippen molar-refractivity contribution in [1.82, 2.24) is 0 Å². The summed E-state index contributed by atoms with van der Waals surface area (Å²) in [5.41, 5.74) is 2.22. The molecule has 69 heavy (non-hydrogen) atoms. The van der Waals surface area contributed by atoms with Gasteiger partial charge in [-0.15, -0.1) is 0 Å². The summed E-state index contributed by atoms with van der Waals surface area (Å²) in [6, 6.07) is 12.8. The molecule has 0 aliphatic carbocycles. The summed E-state index contributed by atoms with van der Waals surface area (Å²) in [5, 5.41) is 0. The zero-order chi connectivity index (χ0) is 49.5. The van der Waals surface area contributed by atoms with Crippen molar-refractivity contribution >= 4 is 43.3 Å². The quantitative estimate of drug-likeness (QED) is 0.0370. The van der Waals surface area contributed by atoms with Gasteiger partial charge in [0.1, 0.15) is 20.2 Å². The van der Waals surface area contributed by atoms with E-state index in [1.54, 1.807) is 24.3 Å². The van der Waals surface area contributed by atoms with E-state index in [4.69, 9.17) is 0 Å². The van der Waals surface area contributed by atoms with Crippen molar-refractivity contribution in [3.63, 3.8) is 0 Å². The Morgan fingerprint density at radius 2 is 0.406 bits per heavy atom. The molecule has 0 amide bonds. The van der Waals surface area contributed by atoms with E-state index in [0.717, 1.165) is 36.8 Å². The summed E-state index contributed by atoms with van der Waals surface area (Å²) < 4.78 is 65.7. The average molecular weight is 1010 g/mol. The molecule has 2 aromatic carbocycles. The van der Waals surface area contributed by atoms with Crippen LogP contribution in [-0.4, -0.2) is 49.0 Å². The fourth-order valence-corrected chi connectivity index (χ4v) is 10.5. The fraction of sp³-hybridized carbons (Fsp3) is 0.800. The maximum atomic E-state index is 11.0. The third-order valence-electron chi connectivity index (χ3n) is 14.1. The molecule has 0 fully saturated rings. The molecular formula is C60H106MgO6S2. The van der Waals surface area contributed by atoms with Crippen LogP contribution in [0.3, 0.4) is 0 Å². The monoisotopic (exact) mass is 1010 g/mol. The maximum Gasteiger partial charge on any atom is 2.00 e. The van der Waals surface area contributed by atoms with E-state index in [9.17, 15) is 25.9 Å². The molecule has 0 atom stereocenters. The van der Waals surface area contributed by atoms with Crippen molar-refractivity contribution in [2.24, 2.45) is 0 Å². The molecule has 0 radical (unpaired) electrons. The first-order chi connectivity index (χ1) is 33.1. The third-order valence-corrected chi connectivity index (χ3v) is 15.8. The van der Waals surface area contributed by atoms with Crippen LogP contribution in [0.25, 0.3) is 0 Å². The van der Waals surface area contributed by atoms with Crippen LogP contribution in [0, 0.1) is 0 Å². The molecule has 0 bridgehead atoms. The van der Waals surface area contributed by atoms with E-state index in [0.29, 0.717) is 0 Å². The van der Waals surface area contributed by atoms with Crippen molar-refractivity contribution in [2.75, 3.05) is 0 Å². The SMILES string of the molecule is CCCCCCCCCCCCCCCCCCCCCCCCc1ccc(S(=O)(=O)[O-])cc1.CCCCCCCCCCCCCCCCCCCCCCCCc1ccc(S(=O)(=O)[O-])cc1.[Mg+2]. The van der Waals surface area contributed by atoms with E-state index in [-0.39, 0.29) is 32.8 Å². The third kappa shape index (κ3) is 45.4. The smallest absolute Gasteiger partial charge is 0.744 e. The predicted octanol–water partition coefficient (Wildman–Crippen LogP) is 19.1. The molecule has 0 N–H and O–H groups in total. The molecule has 6 nitrogen and oxygen atoms in total. The van der Waals surface area contributed by atoms with Crippen molar-refractivity contribution in [1.29, 1.82) is 0 Å². The first kappa shape index (κ1) is 68.0. The molecule has 0 saturated carbocycles. The maximum absolute atomic E-state index is 11.0. The minimum absolute atomic E-state index is 0. The molecule has 0 unspecified atom stereocenters. The van der Waals surface area contributed by atoms with Gasteiger partial charge in [0.15, 0.2) is 0 Å². The minimum atomic E-state index is -4.33. The van der Waals surface area contributed by atoms with Gasteiger partial charge in [-0.3, -0.25) is 0 Å². The second-order valence-corrected chi connectivity index (χ2v) is 23.3. The summed E-state index contributed by atoms with van der Waals surface area (Å²) in [6.45, 7) is 4.58. The number of hydrogen-bond acceptors (Lipinski definition) is 6. The van der Waals surface area contributed by atoms with Gasteiger partial charge in [-0.2, -0.15) is 0 Å². The Balaban J connectivity index is 0.00000132. The second-order valence-electron chi connectivity index (χ2n) is 20.5. The molecule has 0 aliphatic heterocycles. The van der Waals surface area contributed by atoms with Crippen LogP contribution in [-0.2, 0) is 33.1 Å². The molecule has 0 saturated heterocycles. The van der Waals surface area contributed by atoms with Crippen molar-refractivity contribution in [3.05, 3.63) is 59.7 Å². The van der Waals surface area contributed by atoms with Crippen LogP contribution in [0.2, 0.25) is 0 Å². The minimum Gasteiger partial charge on any atom is -0.744 e. The van der Waals surface area contributed by atoms with Crippen LogP contribution >= 0.6 is 0 Å². The van der Waals surface area contributed by atoms with Crippen LogP contribution in [0.1, 0.15) is 307 Å². The molecule has 2 aromatic rings. The van der Waals surface area contributed by atoms with Crippen molar-refractivity contribution in [3.8, 4) is 0 Å². The number of hydrogen-bond donors (Lipinski definition) is 0. The van der Waals surface area contributed by atoms with Crippen LogP contribution in [0.15, 0.2) is 58.3 Å². The standard InChI is InChI=1S/2C30H54O3S.Mg/c2*1-2-3-4-5-6-7-8-9-10-11-12-13-14-15-16-17-18-19-20-21-22-23-24-29-25-27-30(28-26-29)34(31,32)33;/h2*25-28H,2-24H2,1H3,(H,31,32,33);/q;;+2/p-2. The number of aryl methyl sites for hydroxylation is 2. The Labute approximate surface area is 445 Å². The molecule has 0 heterocycles. The first-order valence-corrected chi connectivity index (χ1v) is 32.0. The van der Waals surface area contributed by atoms with E-state index in [2.05, 4.69) is 13.8 Å². The second kappa shape index (κ2) is 49.2. The zero-order valence-corrected chi connectivity index (χ0v) is 48.2. The van der Waals surface area contributed by atoms with E-state index in [1.165, 1.54) is 294 Å². The number of rotatable bonds is 48. The van der Waals surface area contributed by atoms with Gasteiger partial charge in [-0.05, 0) is 61.1 Å². The molecule has 0 spiro atoms. The Hall–Kier alpha value is -0.974. The summed E-state index contributed by atoms with van der Waals surface area (Å²) in [6.07, 6.45) is 63.2. The predicted molar refractivity (Wildman–Crippen MR) is 296 cm³/mol. The zero-order valence-electron chi connectivity index (χ0n) is 45.1. The van der Waals surface area contributed by atoms with Crippen LogP contribution in [0.4, 0.5) is 0 Å². The molecule has 396 valence electrons. The van der Waals surface area contributed by atoms with E-state index in [1.807, 2.05) is 0 Å². The summed E-state index contributed by atoms with van der Waals surface area (Å²) in [5.74, 6) is 0. The van der Waals surface area contributed by atoms with Gasteiger partial charge in [0.05, 0.1) is 9.79 Å². The summed E-state index contributed by atoms with van der Waals surface area (Å²) in [7, 11) is -8.65. The largest absolute Gasteiger partial charge is 2.00 e. The van der Waals surface area contributed by atoms with Gasteiger partial charge >= 0.3 is 23.1 Å². The molecular weight excluding hydrogens is 905 g/mol. The molecule has 0 aliphatic rings. The van der Waals surface area contributed by atoms with Crippen molar-refractivity contribution in [2.45, 2.75) is 319 Å². The molecule has 2 rings (SSSR count). The summed E-state index contributed by atoms with van der Waals surface area (Å²) in [4.78, 5) is -0.268. The van der Waals surface area contributed by atoms with Gasteiger partial charge in [-0.1, -0.05) is 308 Å². The molecule has 0 aromatic heterocycles. The Bertz CT molecular complexity index is 1460. The summed E-state index contributed by atoms with van der Waals surface area (Å²) >= 11 is 0. The topological polar surface area (TPSA) is 114 Å².